The van der Waals surface area contributed by atoms with Crippen molar-refractivity contribution in [1.29, 1.82) is 0 Å². The number of carbonyl (C=O) groups is 2. The minimum atomic E-state index is -0.411. The molecule has 1 aliphatic heterocycles. The molecule has 2 aromatic carbocycles. The zero-order valence-electron chi connectivity index (χ0n) is 13.8. The number of ether oxygens (including phenoxy) is 1. The number of rotatable bonds is 4. The standard InChI is InChI=1S/C19H17IN2O3/c1-12(2)25-17-9-8-13(11-16(17)20)10-15-18(23)21-22(19(15)24)14-6-4-3-5-7-14/h3-12H,1-2H3,(H,21,23)/b15-10-. The molecule has 6 heteroatoms. The SMILES string of the molecule is CC(C)Oc1ccc(/C=C2/C(=O)NN(c3ccccc3)C2=O)cc1I. The van der Waals surface area contributed by atoms with Crippen LogP contribution < -0.4 is 15.2 Å². The van der Waals surface area contributed by atoms with Crippen LogP contribution >= 0.6 is 22.6 Å². The van der Waals surface area contributed by atoms with Gasteiger partial charge in [-0.25, -0.2) is 5.01 Å². The van der Waals surface area contributed by atoms with Crippen molar-refractivity contribution in [2.75, 3.05) is 5.01 Å². The van der Waals surface area contributed by atoms with Crippen molar-refractivity contribution in [3.8, 4) is 5.75 Å². The molecular weight excluding hydrogens is 431 g/mol. The molecule has 3 rings (SSSR count). The van der Waals surface area contributed by atoms with Gasteiger partial charge in [0.2, 0.25) is 0 Å². The van der Waals surface area contributed by atoms with Crippen molar-refractivity contribution in [3.63, 3.8) is 0 Å². The summed E-state index contributed by atoms with van der Waals surface area (Å²) in [7, 11) is 0. The first-order chi connectivity index (χ1) is 12.0. The molecule has 1 saturated heterocycles. The number of anilines is 1. The van der Waals surface area contributed by atoms with Gasteiger partial charge in [-0.1, -0.05) is 24.3 Å². The van der Waals surface area contributed by atoms with Crippen molar-refractivity contribution < 1.29 is 14.3 Å². The van der Waals surface area contributed by atoms with Crippen LogP contribution in [0.3, 0.4) is 0 Å². The third-order valence-corrected chi connectivity index (χ3v) is 4.38. The molecule has 0 saturated carbocycles. The molecule has 2 aromatic rings. The normalized spacial score (nSPS) is 15.8. The summed E-state index contributed by atoms with van der Waals surface area (Å²) in [6, 6.07) is 14.6. The fourth-order valence-electron chi connectivity index (χ4n) is 2.44. The Labute approximate surface area is 159 Å². The van der Waals surface area contributed by atoms with E-state index in [2.05, 4.69) is 28.0 Å². The molecule has 0 atom stereocenters. The van der Waals surface area contributed by atoms with Crippen LogP contribution in [0.1, 0.15) is 19.4 Å². The Morgan fingerprint density at radius 2 is 1.84 bits per heavy atom. The lowest BCUT2D eigenvalue weighted by Crippen LogP contribution is -2.35. The Kier molecular flexibility index (Phi) is 5.08. The van der Waals surface area contributed by atoms with Gasteiger partial charge in [-0.2, -0.15) is 0 Å². The monoisotopic (exact) mass is 448 g/mol. The molecule has 5 nitrogen and oxygen atoms in total. The molecule has 1 fully saturated rings. The van der Waals surface area contributed by atoms with Crippen molar-refractivity contribution in [2.45, 2.75) is 20.0 Å². The maximum Gasteiger partial charge on any atom is 0.282 e. The van der Waals surface area contributed by atoms with Gasteiger partial charge in [0, 0.05) is 0 Å². The van der Waals surface area contributed by atoms with Crippen molar-refractivity contribution in [2.24, 2.45) is 0 Å². The molecule has 25 heavy (non-hydrogen) atoms. The maximum absolute atomic E-state index is 12.6. The average molecular weight is 448 g/mol. The molecule has 0 unspecified atom stereocenters. The average Bonchev–Trinajstić information content (AvgIpc) is 2.86. The lowest BCUT2D eigenvalue weighted by atomic mass is 10.1. The van der Waals surface area contributed by atoms with E-state index in [-0.39, 0.29) is 17.6 Å². The number of amides is 2. The first kappa shape index (κ1) is 17.5. The summed E-state index contributed by atoms with van der Waals surface area (Å²) >= 11 is 2.18. The second-order valence-corrected chi connectivity index (χ2v) is 6.99. The van der Waals surface area contributed by atoms with Crippen molar-refractivity contribution in [3.05, 3.63) is 63.2 Å². The fraction of sp³-hybridized carbons (Fsp3) is 0.158. The summed E-state index contributed by atoms with van der Waals surface area (Å²) in [6.45, 7) is 3.93. The van der Waals surface area contributed by atoms with E-state index in [1.54, 1.807) is 18.2 Å². The highest BCUT2D eigenvalue weighted by atomic mass is 127. The van der Waals surface area contributed by atoms with Gasteiger partial charge in [-0.3, -0.25) is 15.0 Å². The Balaban J connectivity index is 1.87. The lowest BCUT2D eigenvalue weighted by molar-refractivity contribution is -0.117. The van der Waals surface area contributed by atoms with E-state index in [4.69, 9.17) is 4.74 Å². The zero-order valence-corrected chi connectivity index (χ0v) is 16.0. The highest BCUT2D eigenvalue weighted by molar-refractivity contribution is 14.1. The van der Waals surface area contributed by atoms with Crippen LogP contribution in [0.15, 0.2) is 54.1 Å². The van der Waals surface area contributed by atoms with E-state index in [1.165, 1.54) is 5.01 Å². The van der Waals surface area contributed by atoms with E-state index in [0.717, 1.165) is 14.9 Å². The van der Waals surface area contributed by atoms with E-state index < -0.39 is 5.91 Å². The molecule has 1 aliphatic rings. The molecule has 0 bridgehead atoms. The van der Waals surface area contributed by atoms with Crippen LogP contribution in [0, 0.1) is 3.57 Å². The molecule has 0 aliphatic carbocycles. The van der Waals surface area contributed by atoms with Gasteiger partial charge in [0.05, 0.1) is 15.4 Å². The number of nitrogens with one attached hydrogen (secondary N) is 1. The Morgan fingerprint density at radius 1 is 1.12 bits per heavy atom. The van der Waals surface area contributed by atoms with E-state index >= 15 is 0 Å². The minimum absolute atomic E-state index is 0.0827. The van der Waals surface area contributed by atoms with Crippen LogP contribution in [0.25, 0.3) is 6.08 Å². The van der Waals surface area contributed by atoms with Gasteiger partial charge in [-0.15, -0.1) is 0 Å². The van der Waals surface area contributed by atoms with Gasteiger partial charge < -0.3 is 4.74 Å². The molecule has 0 spiro atoms. The summed E-state index contributed by atoms with van der Waals surface area (Å²) in [5.41, 5.74) is 4.10. The Hall–Kier alpha value is -2.35. The predicted octanol–water partition coefficient (Wildman–Crippen LogP) is 3.54. The molecule has 0 aromatic heterocycles. The van der Waals surface area contributed by atoms with E-state index in [9.17, 15) is 9.59 Å². The number of hydrazine groups is 1. The lowest BCUT2D eigenvalue weighted by Gasteiger charge is -2.14. The Morgan fingerprint density at radius 3 is 2.48 bits per heavy atom. The number of carbonyl (C=O) groups excluding carboxylic acids is 2. The highest BCUT2D eigenvalue weighted by Gasteiger charge is 2.34. The number of hydrogen-bond donors (Lipinski definition) is 1. The van der Waals surface area contributed by atoms with Crippen molar-refractivity contribution >= 4 is 46.2 Å². The summed E-state index contributed by atoms with van der Waals surface area (Å²) < 4.78 is 6.63. The zero-order chi connectivity index (χ0) is 18.0. The number of halogens is 1. The van der Waals surface area contributed by atoms with E-state index in [0.29, 0.717) is 5.69 Å². The predicted molar refractivity (Wildman–Crippen MR) is 105 cm³/mol. The van der Waals surface area contributed by atoms with Crippen LogP contribution in [0.4, 0.5) is 5.69 Å². The largest absolute Gasteiger partial charge is 0.490 e. The Bertz CT molecular complexity index is 847. The third kappa shape index (κ3) is 3.84. The van der Waals surface area contributed by atoms with E-state index in [1.807, 2.05) is 50.2 Å². The summed E-state index contributed by atoms with van der Waals surface area (Å²) in [4.78, 5) is 24.8. The second kappa shape index (κ2) is 7.26. The van der Waals surface area contributed by atoms with Crippen LogP contribution in [-0.4, -0.2) is 17.9 Å². The molecule has 0 radical (unpaired) electrons. The van der Waals surface area contributed by atoms with Gasteiger partial charge in [0.1, 0.15) is 11.3 Å². The van der Waals surface area contributed by atoms with Crippen LogP contribution in [0.5, 0.6) is 5.75 Å². The smallest absolute Gasteiger partial charge is 0.282 e. The van der Waals surface area contributed by atoms with Gasteiger partial charge in [0.25, 0.3) is 11.8 Å². The topological polar surface area (TPSA) is 58.6 Å². The van der Waals surface area contributed by atoms with Gasteiger partial charge >= 0.3 is 0 Å². The molecule has 2 amide bonds. The number of para-hydroxylation sites is 1. The summed E-state index contributed by atoms with van der Waals surface area (Å²) in [6.07, 6.45) is 1.68. The molecular formula is C19H17IN2O3. The molecule has 128 valence electrons. The van der Waals surface area contributed by atoms with Crippen LogP contribution in [0.2, 0.25) is 0 Å². The molecule has 1 N–H and O–H groups in total. The number of hydrogen-bond acceptors (Lipinski definition) is 3. The summed E-state index contributed by atoms with van der Waals surface area (Å²) in [5, 5.41) is 1.26. The first-order valence-corrected chi connectivity index (χ1v) is 8.92. The van der Waals surface area contributed by atoms with Gasteiger partial charge in [0.15, 0.2) is 0 Å². The second-order valence-electron chi connectivity index (χ2n) is 5.83. The summed E-state index contributed by atoms with van der Waals surface area (Å²) in [5.74, 6) is 0.00550. The van der Waals surface area contributed by atoms with Crippen LogP contribution in [-0.2, 0) is 9.59 Å². The minimum Gasteiger partial charge on any atom is -0.490 e. The maximum atomic E-state index is 12.6. The molecule has 1 heterocycles. The highest BCUT2D eigenvalue weighted by Crippen LogP contribution is 2.26. The van der Waals surface area contributed by atoms with Gasteiger partial charge in [-0.05, 0) is 72.3 Å². The van der Waals surface area contributed by atoms with Crippen molar-refractivity contribution in [1.82, 2.24) is 5.43 Å². The third-order valence-electron chi connectivity index (χ3n) is 3.54. The quantitative estimate of drug-likeness (QED) is 0.443. The fourth-order valence-corrected chi connectivity index (χ4v) is 3.11. The number of nitrogens with zero attached hydrogens (tertiary/aromatic N) is 1. The number of benzene rings is 2. The first-order valence-electron chi connectivity index (χ1n) is 7.84.